The average Bonchev–Trinajstić information content (AvgIpc) is 2.09. The van der Waals surface area contributed by atoms with Gasteiger partial charge in [-0.2, -0.15) is 0 Å². The first-order valence-corrected chi connectivity index (χ1v) is 29.5. The predicted octanol–water partition coefficient (Wildman–Crippen LogP) is 8.76. The van der Waals surface area contributed by atoms with Crippen molar-refractivity contribution in [1.29, 1.82) is 0 Å². The molecule has 28 heteroatoms. The number of nitro benzene ring substituents is 1. The zero-order valence-corrected chi connectivity index (χ0v) is 50.2. The fraction of sp³-hybridized carbons (Fsp3) is 0.439. The Morgan fingerprint density at radius 3 is 2.42 bits per heavy atom. The number of amides is 4. The smallest absolute Gasteiger partial charge is 0.494 e. The Hall–Kier alpha value is -7.47. The molecule has 0 saturated carbocycles. The van der Waals surface area contributed by atoms with Gasteiger partial charge >= 0.3 is 13.1 Å². The molecule has 1 saturated heterocycles. The van der Waals surface area contributed by atoms with E-state index in [0.29, 0.717) is 90.1 Å². The summed E-state index contributed by atoms with van der Waals surface area (Å²) in [6, 6.07) is 14.3. The number of nitrogens with zero attached hydrogens (tertiary/aromatic N) is 6. The number of quaternary nitrogens is 1. The minimum atomic E-state index is -4.31. The number of benzene rings is 2. The molecule has 85 heavy (non-hydrogen) atoms. The molecule has 4 amide bonds. The zero-order valence-electron chi connectivity index (χ0n) is 48.5. The molecule has 2 atom stereocenters. The van der Waals surface area contributed by atoms with E-state index in [0.717, 1.165) is 56.0 Å². The number of aryl methyl sites for hydroxylation is 1. The van der Waals surface area contributed by atoms with E-state index in [-0.39, 0.29) is 67.9 Å². The molecule has 2 unspecified atom stereocenters. The standard InChI is InChI=1S/C57H71BF2N8O15S2/c1-38-33-42(64-46(38)36-47-41(13-11-32-85-83-82-76)34-49(52-15-12-31-84-52)65(47)58(64,59)60)20-17-40-18-21-43(22-19-40)78-29-10-16-53(69)62-45(14-8-9-28-68(4,5)6)56(72)61-25-26-63(3)27-30-79-51-37-48(67(74)75)44(35-50(51)77-7)39(2)80-57(73)81-66-54(70)23-24-55(66)71/h12,15,17-22,31,33-37,39,45H,8-11,13-14,16,23-30,32H2,1-7H3,(H2-,61,62,69,72,76)/p+1/b20-17+. The molecule has 1 fully saturated rings. The summed E-state index contributed by atoms with van der Waals surface area (Å²) in [7, 11) is 9.39. The van der Waals surface area contributed by atoms with Crippen molar-refractivity contribution in [2.24, 2.45) is 0 Å². The second-order valence-electron chi connectivity index (χ2n) is 21.5. The lowest BCUT2D eigenvalue weighted by Crippen LogP contribution is -2.50. The Kier molecular flexibility index (Phi) is 23.0. The number of ether oxygens (including phenoxy) is 4. The molecule has 7 rings (SSSR count). The maximum Gasteiger partial charge on any atom is 0.737 e. The third-order valence-corrected chi connectivity index (χ3v) is 15.7. The number of methoxy groups -OCH3 is 1. The van der Waals surface area contributed by atoms with Crippen LogP contribution in [-0.2, 0) is 44.5 Å². The number of fused-ring (bicyclic) bond motifs is 2. The summed E-state index contributed by atoms with van der Waals surface area (Å²) in [4.78, 5) is 81.7. The second-order valence-corrected chi connectivity index (χ2v) is 23.3. The van der Waals surface area contributed by atoms with Gasteiger partial charge in [-0.1, -0.05) is 28.3 Å². The van der Waals surface area contributed by atoms with E-state index in [1.54, 1.807) is 37.4 Å². The lowest BCUT2D eigenvalue weighted by molar-refractivity contribution is -0.870. The summed E-state index contributed by atoms with van der Waals surface area (Å²) in [6.07, 6.45) is 7.71. The molecule has 2 aromatic heterocycles. The number of aromatic nitrogens is 1. The number of carbonyl (C=O) groups excluding carboxylic acids is 5. The molecule has 3 aliphatic heterocycles. The molecule has 3 aliphatic rings. The lowest BCUT2D eigenvalue weighted by Gasteiger charge is -2.31. The van der Waals surface area contributed by atoms with E-state index in [4.69, 9.17) is 29.0 Å². The molecular weight excluding hydrogens is 1150 g/mol. The number of carbonyl (C=O) groups is 5. The van der Waals surface area contributed by atoms with E-state index in [1.165, 1.54) is 35.9 Å². The highest BCUT2D eigenvalue weighted by molar-refractivity contribution is 7.94. The fourth-order valence-corrected chi connectivity index (χ4v) is 10.9. The molecule has 0 spiro atoms. The Morgan fingerprint density at radius 1 is 0.988 bits per heavy atom. The minimum Gasteiger partial charge on any atom is -0.494 e. The SMILES string of the molecule is COc1cc(C(C)OC(=O)ON2C(=O)CCC2=O)c([N+](=O)[O-])cc1OCCN(C)CCNC(=O)C(CCCC[N+](C)(C)C)NC(=O)CCCOc1ccc(/C=C/C2=[N+]3C(=Cc4c(CCCSOOO)cc(-c5cccs5)n4[B-]3(F)F)C(C)=C2)cc1. The van der Waals surface area contributed by atoms with Crippen LogP contribution >= 0.6 is 23.4 Å². The lowest BCUT2D eigenvalue weighted by atomic mass is 9.89. The van der Waals surface area contributed by atoms with E-state index in [1.807, 2.05) is 53.6 Å². The van der Waals surface area contributed by atoms with Crippen LogP contribution in [0.5, 0.6) is 17.2 Å². The van der Waals surface area contributed by atoms with Crippen LogP contribution in [0, 0.1) is 10.1 Å². The highest BCUT2D eigenvalue weighted by Crippen LogP contribution is 2.42. The number of imide groups is 1. The number of nitrogens with one attached hydrogen (secondary N) is 2. The third kappa shape index (κ3) is 17.6. The minimum absolute atomic E-state index is 0.0433. The van der Waals surface area contributed by atoms with E-state index >= 15 is 8.63 Å². The Bertz CT molecular complexity index is 3170. The van der Waals surface area contributed by atoms with Crippen LogP contribution in [0.1, 0.15) is 93.7 Å². The van der Waals surface area contributed by atoms with Crippen LogP contribution in [0.15, 0.2) is 83.4 Å². The molecular formula is C57H72BF2N8O15S2+. The highest BCUT2D eigenvalue weighted by Gasteiger charge is 2.54. The molecule has 0 radical (unpaired) electrons. The van der Waals surface area contributed by atoms with Crippen LogP contribution in [-0.4, -0.2) is 163 Å². The molecule has 5 heterocycles. The van der Waals surface area contributed by atoms with Crippen molar-refractivity contribution < 1.29 is 84.9 Å². The molecule has 23 nitrogen and oxygen atoms in total. The van der Waals surface area contributed by atoms with E-state index in [2.05, 4.69) is 41.1 Å². The summed E-state index contributed by atoms with van der Waals surface area (Å²) < 4.78 is 64.0. The maximum atomic E-state index is 17.0. The van der Waals surface area contributed by atoms with Gasteiger partial charge in [-0.15, -0.1) is 15.7 Å². The van der Waals surface area contributed by atoms with Gasteiger partial charge in [0.25, 0.3) is 17.5 Å². The number of hydrogen-bond donors (Lipinski definition) is 3. The van der Waals surface area contributed by atoms with Crippen LogP contribution < -0.4 is 24.8 Å². The fourth-order valence-electron chi connectivity index (χ4n) is 9.83. The van der Waals surface area contributed by atoms with Gasteiger partial charge in [0.05, 0.1) is 58.0 Å². The number of rotatable bonds is 33. The normalized spacial score (nSPS) is 15.4. The van der Waals surface area contributed by atoms with Crippen molar-refractivity contribution >= 4 is 83.7 Å². The van der Waals surface area contributed by atoms with Gasteiger partial charge in [0.15, 0.2) is 22.9 Å². The van der Waals surface area contributed by atoms with Crippen LogP contribution in [0.3, 0.4) is 0 Å². The van der Waals surface area contributed by atoms with Crippen molar-refractivity contribution in [3.63, 3.8) is 0 Å². The highest BCUT2D eigenvalue weighted by atomic mass is 32.2. The molecule has 3 N–H and O–H groups in total. The summed E-state index contributed by atoms with van der Waals surface area (Å²) in [6.45, 7) is 0.997. The van der Waals surface area contributed by atoms with Crippen LogP contribution in [0.2, 0.25) is 0 Å². The van der Waals surface area contributed by atoms with Crippen molar-refractivity contribution in [3.8, 4) is 27.8 Å². The number of unbranched alkanes of at least 4 members (excludes halogenated alkanes) is 1. The number of hydroxylamine groups is 2. The van der Waals surface area contributed by atoms with Crippen molar-refractivity contribution in [2.45, 2.75) is 83.8 Å². The largest absolute Gasteiger partial charge is 0.737 e. The first-order valence-electron chi connectivity index (χ1n) is 27.8. The van der Waals surface area contributed by atoms with Gasteiger partial charge in [0, 0.05) is 96.8 Å². The van der Waals surface area contributed by atoms with Crippen LogP contribution in [0.4, 0.5) is 19.1 Å². The number of hydrogen-bond acceptors (Lipinski definition) is 18. The van der Waals surface area contributed by atoms with Gasteiger partial charge in [0.1, 0.15) is 24.5 Å². The van der Waals surface area contributed by atoms with Crippen LogP contribution in [0.25, 0.3) is 22.7 Å². The summed E-state index contributed by atoms with van der Waals surface area (Å²) >= 11 is 2.32. The summed E-state index contributed by atoms with van der Waals surface area (Å²) in [5, 5.41) is 32.3. The Morgan fingerprint density at radius 2 is 1.74 bits per heavy atom. The summed E-state index contributed by atoms with van der Waals surface area (Å²) in [5.74, 6) is -0.872. The van der Waals surface area contributed by atoms with Crippen molar-refractivity contribution in [3.05, 3.63) is 116 Å². The Balaban J connectivity index is 0.874. The Labute approximate surface area is 499 Å². The van der Waals surface area contributed by atoms with Gasteiger partial charge in [-0.25, -0.2) is 10.1 Å². The molecule has 458 valence electrons. The monoisotopic (exact) mass is 1220 g/mol. The first kappa shape index (κ1) is 65.1. The average molecular weight is 1220 g/mol. The van der Waals surface area contributed by atoms with Gasteiger partial charge < -0.3 is 56.6 Å². The van der Waals surface area contributed by atoms with Gasteiger partial charge in [-0.3, -0.25) is 34.1 Å². The quantitative estimate of drug-likeness (QED) is 0.00464. The number of halogens is 2. The molecule has 0 aliphatic carbocycles. The predicted molar refractivity (Wildman–Crippen MR) is 315 cm³/mol. The number of allylic oxidation sites excluding steroid dienone is 3. The first-order chi connectivity index (χ1) is 40.6. The summed E-state index contributed by atoms with van der Waals surface area (Å²) in [5.41, 5.74) is 3.43. The number of likely N-dealkylation sites (N-methyl/N-ethyl adjacent to an activating group) is 1. The van der Waals surface area contributed by atoms with Crippen molar-refractivity contribution in [2.75, 3.05) is 80.4 Å². The van der Waals surface area contributed by atoms with E-state index in [9.17, 15) is 34.1 Å². The van der Waals surface area contributed by atoms with Gasteiger partial charge in [-0.05, 0) is 112 Å². The maximum absolute atomic E-state index is 17.0. The number of nitro groups is 1. The van der Waals surface area contributed by atoms with Gasteiger partial charge in [0.2, 0.25) is 11.8 Å². The zero-order chi connectivity index (χ0) is 61.4. The molecule has 4 aromatic rings. The third-order valence-electron chi connectivity index (χ3n) is 14.2. The van der Waals surface area contributed by atoms with Crippen molar-refractivity contribution in [1.82, 2.24) is 25.1 Å². The molecule has 2 aromatic carbocycles. The number of thiophene rings is 1. The second kappa shape index (κ2) is 30.1. The topological polar surface area (TPSA) is 252 Å². The molecule has 0 bridgehead atoms. The van der Waals surface area contributed by atoms with E-state index < -0.39 is 47.7 Å².